The zero-order valence-electron chi connectivity index (χ0n) is 35.7. The number of nitro groups is 2. The van der Waals surface area contributed by atoms with E-state index in [4.69, 9.17) is 46.2 Å². The second-order valence-electron chi connectivity index (χ2n) is 15.5. The molecule has 4 aromatic rings. The molecule has 4 N–H and O–H groups in total. The van der Waals surface area contributed by atoms with E-state index in [0.29, 0.717) is 47.0 Å². The normalized spacial score (nSPS) is 21.0. The first kappa shape index (κ1) is 47.7. The number of hydrogen-bond donors (Lipinski definition) is 3. The van der Waals surface area contributed by atoms with Gasteiger partial charge in [0.05, 0.1) is 60.1 Å². The molecule has 4 aromatic carbocycles. The van der Waals surface area contributed by atoms with Crippen molar-refractivity contribution in [1.82, 2.24) is 0 Å². The van der Waals surface area contributed by atoms with Crippen LogP contribution in [0.15, 0.2) is 72.8 Å². The highest BCUT2D eigenvalue weighted by Crippen LogP contribution is 2.39. The van der Waals surface area contributed by atoms with Crippen molar-refractivity contribution in [2.45, 2.75) is 87.8 Å². The van der Waals surface area contributed by atoms with Gasteiger partial charge in [-0.3, -0.25) is 20.2 Å². The van der Waals surface area contributed by atoms with E-state index in [1.807, 2.05) is 6.07 Å². The van der Waals surface area contributed by atoms with Crippen LogP contribution in [0.3, 0.4) is 0 Å². The van der Waals surface area contributed by atoms with Crippen LogP contribution in [0.2, 0.25) is 0 Å². The Hall–Kier alpha value is -7.35. The van der Waals surface area contributed by atoms with Crippen LogP contribution < -0.4 is 21.3 Å². The molecule has 64 heavy (non-hydrogen) atoms. The molecule has 0 radical (unpaired) electrons. The van der Waals surface area contributed by atoms with Crippen molar-refractivity contribution in [3.8, 4) is 0 Å². The Labute approximate surface area is 371 Å². The van der Waals surface area contributed by atoms with Gasteiger partial charge in [0.15, 0.2) is 28.6 Å². The molecule has 0 bridgehead atoms. The van der Waals surface area contributed by atoms with E-state index in [2.05, 4.69) is 47.0 Å². The maximum absolute atomic E-state index is 12.7. The van der Waals surface area contributed by atoms with E-state index in [-0.39, 0.29) is 23.5 Å². The third-order valence-corrected chi connectivity index (χ3v) is 11.5. The van der Waals surface area contributed by atoms with Gasteiger partial charge in [-0.05, 0) is 99.4 Å². The highest BCUT2D eigenvalue weighted by atomic mass is 19.1. The lowest BCUT2D eigenvalue weighted by Crippen LogP contribution is -2.49. The fraction of sp³-hybridized carbons (Fsp3) is 0.391. The topological polar surface area (TPSA) is 185 Å². The first-order chi connectivity index (χ1) is 30.8. The van der Waals surface area contributed by atoms with E-state index in [1.165, 1.54) is 41.9 Å². The van der Waals surface area contributed by atoms with Crippen LogP contribution in [0.1, 0.15) is 50.5 Å². The Bertz CT molecular complexity index is 2460. The number of anilines is 4. The number of aryl methyl sites for hydroxylation is 1. The summed E-state index contributed by atoms with van der Waals surface area (Å²) in [6.45, 7) is 28.6. The van der Waals surface area contributed by atoms with Crippen LogP contribution in [0.4, 0.5) is 61.3 Å². The zero-order valence-corrected chi connectivity index (χ0v) is 35.7. The Morgan fingerprint density at radius 3 is 1.62 bits per heavy atom. The number of hydrogen-bond acceptors (Lipinski definition) is 11. The van der Waals surface area contributed by atoms with Gasteiger partial charge in [-0.25, -0.2) is 23.8 Å². The maximum atomic E-state index is 12.7. The van der Waals surface area contributed by atoms with E-state index < -0.39 is 21.4 Å². The summed E-state index contributed by atoms with van der Waals surface area (Å²) in [4.78, 5) is 35.3. The van der Waals surface area contributed by atoms with Crippen LogP contribution in [0.5, 0.6) is 0 Å². The van der Waals surface area contributed by atoms with Gasteiger partial charge in [-0.2, -0.15) is 0 Å². The average molecular weight is 873 g/mol. The van der Waals surface area contributed by atoms with E-state index in [9.17, 15) is 24.6 Å². The molecule has 0 saturated heterocycles. The number of fused-ring (bicyclic) bond motifs is 1. The van der Waals surface area contributed by atoms with E-state index >= 15 is 0 Å². The Morgan fingerprint density at radius 2 is 1.11 bits per heavy atom. The fourth-order valence-electron chi connectivity index (χ4n) is 7.54. The molecule has 0 aromatic heterocycles. The van der Waals surface area contributed by atoms with Gasteiger partial charge in [0.1, 0.15) is 5.69 Å². The molecule has 3 fully saturated rings. The molecule has 0 unspecified atom stereocenters. The van der Waals surface area contributed by atoms with Crippen molar-refractivity contribution < 1.29 is 28.4 Å². The number of rotatable bonds is 10. The number of nitrogen functional groups attached to an aromatic ring is 1. The molecule has 17 nitrogen and oxygen atoms in total. The summed E-state index contributed by atoms with van der Waals surface area (Å²) in [7, 11) is 5.18. The molecule has 3 saturated carbocycles. The predicted molar refractivity (Wildman–Crippen MR) is 243 cm³/mol. The van der Waals surface area contributed by atoms with Gasteiger partial charge in [0.2, 0.25) is 0 Å². The number of halogens is 1. The van der Waals surface area contributed by atoms with Crippen LogP contribution in [0.25, 0.3) is 19.4 Å². The van der Waals surface area contributed by atoms with Gasteiger partial charge in [-0.15, -0.1) is 0 Å². The summed E-state index contributed by atoms with van der Waals surface area (Å²) in [5.74, 6) is -0.978. The van der Waals surface area contributed by atoms with Crippen molar-refractivity contribution in [1.29, 1.82) is 0 Å². The maximum Gasteiger partial charge on any atom is 0.302 e. The van der Waals surface area contributed by atoms with Crippen LogP contribution >= 0.6 is 0 Å². The molecule has 4 aliphatic rings. The number of benzene rings is 4. The number of nitrogens with zero attached hydrogens (tertiary/aromatic N) is 7. The molecule has 1 aliphatic heterocycles. The minimum absolute atomic E-state index is 0.00302. The lowest BCUT2D eigenvalue weighted by atomic mass is 9.85. The molecule has 1 heterocycles. The smallest absolute Gasteiger partial charge is 0.302 e. The molecule has 0 amide bonds. The molecular weight excluding hydrogens is 824 g/mol. The molecule has 0 atom stereocenters. The first-order valence-electron chi connectivity index (χ1n) is 20.5. The van der Waals surface area contributed by atoms with E-state index in [0.717, 1.165) is 75.0 Å². The van der Waals surface area contributed by atoms with Crippen molar-refractivity contribution in [2.24, 2.45) is 0 Å². The van der Waals surface area contributed by atoms with Gasteiger partial charge in [0, 0.05) is 69.5 Å². The highest BCUT2D eigenvalue weighted by Gasteiger charge is 2.36. The average Bonchev–Trinajstić information content (AvgIpc) is 3.26. The zero-order chi connectivity index (χ0) is 46.3. The number of ether oxygens (including phenoxy) is 3. The first-order valence-corrected chi connectivity index (χ1v) is 20.5. The summed E-state index contributed by atoms with van der Waals surface area (Å²) in [6, 6.07) is 20.0. The van der Waals surface area contributed by atoms with Crippen LogP contribution in [-0.4, -0.2) is 74.2 Å². The number of nitrogens with two attached hydrogens (primary N) is 1. The minimum Gasteiger partial charge on any atom is -0.397 e. The van der Waals surface area contributed by atoms with Gasteiger partial charge >= 0.3 is 5.69 Å². The quantitative estimate of drug-likeness (QED) is 0.0596. The molecule has 18 heteroatoms. The lowest BCUT2D eigenvalue weighted by Gasteiger charge is -2.46. The summed E-state index contributed by atoms with van der Waals surface area (Å²) in [5, 5.41) is 27.4. The summed E-state index contributed by atoms with van der Waals surface area (Å²) >= 11 is 0. The third-order valence-electron chi connectivity index (χ3n) is 11.5. The fourth-order valence-corrected chi connectivity index (χ4v) is 7.54. The molecular formula is C46H49FN10O7. The Morgan fingerprint density at radius 1 is 0.656 bits per heavy atom. The Kier molecular flexibility index (Phi) is 16.9. The van der Waals surface area contributed by atoms with Crippen molar-refractivity contribution in [3.05, 3.63) is 150 Å². The van der Waals surface area contributed by atoms with Crippen molar-refractivity contribution in [2.75, 3.05) is 49.1 Å². The largest absolute Gasteiger partial charge is 0.397 e. The van der Waals surface area contributed by atoms with Gasteiger partial charge in [0.25, 0.3) is 5.69 Å². The monoisotopic (exact) mass is 872 g/mol. The molecule has 8 rings (SSSR count). The van der Waals surface area contributed by atoms with E-state index in [1.54, 1.807) is 39.5 Å². The van der Waals surface area contributed by atoms with Gasteiger partial charge in [-0.1, -0.05) is 18.2 Å². The lowest BCUT2D eigenvalue weighted by molar-refractivity contribution is -0.387. The molecule has 332 valence electrons. The minimum atomic E-state index is -0.978. The number of nitrogens with one attached hydrogen (secondary N) is 2. The summed E-state index contributed by atoms with van der Waals surface area (Å²) in [5.41, 5.74) is 11.7. The molecule has 3 aliphatic carbocycles. The Balaban J connectivity index is 0.000000162. The second-order valence-corrected chi connectivity index (χ2v) is 15.5. The SMILES string of the molecule is [C-]#[N+]c1ccc(N)c(NC2CC(OC)C2)c1.[C-]#[N+]c1ccc([N+](=O)[O-])c(F)c1.[C-]#[N+]c1ccc([N+](=O)[O-])c(NC2CC(OC)C2)c1.[C-]#[N+]c1ccc2c(c1)N(C1CC(OC)C1)CCC2. The summed E-state index contributed by atoms with van der Waals surface area (Å²) in [6.07, 6.45) is 9.29. The van der Waals surface area contributed by atoms with Crippen LogP contribution in [-0.2, 0) is 20.6 Å². The second kappa shape index (κ2) is 22.7. The third kappa shape index (κ3) is 12.4. The number of nitro benzene ring substituents is 2. The highest BCUT2D eigenvalue weighted by molar-refractivity contribution is 5.73. The van der Waals surface area contributed by atoms with Crippen molar-refractivity contribution in [3.63, 3.8) is 0 Å². The summed E-state index contributed by atoms with van der Waals surface area (Å²) < 4.78 is 28.4. The standard InChI is InChI=1S/C15H18N2O.C12H13N3O3.C12H15N3O.C7H3FN2O2/c1-16-12-6-5-11-4-3-7-17(15(11)8-12)13-9-14(10-13)18-2;1-13-8-3-4-12(15(16)17)11(7-8)14-9-5-10(6-9)18-2;1-14-8-3-4-11(13)12(7-8)15-9-5-10(6-9)16-2;1-9-5-2-3-7(10(11)12)6(8)4-5/h5-6,8,13-14H,3-4,7,9-10H2,2H3;3-4,7,9-10,14H,5-6H2,2H3;3-4,7,9-10,15H,5-6,13H2,2H3;2-4H. The molecule has 0 spiro atoms. The van der Waals surface area contributed by atoms with Crippen molar-refractivity contribution >= 4 is 56.9 Å². The number of methoxy groups -OCH3 is 3. The van der Waals surface area contributed by atoms with Crippen LogP contribution in [0, 0.1) is 52.3 Å². The predicted octanol–water partition coefficient (Wildman–Crippen LogP) is 10.6. The van der Waals surface area contributed by atoms with Gasteiger partial charge < -0.3 is 35.5 Å².